The number of benzene rings is 2. The van der Waals surface area contributed by atoms with Crippen molar-refractivity contribution in [2.75, 3.05) is 5.32 Å². The van der Waals surface area contributed by atoms with Gasteiger partial charge in [0.25, 0.3) is 0 Å². The van der Waals surface area contributed by atoms with Gasteiger partial charge in [0.1, 0.15) is 11.3 Å². The van der Waals surface area contributed by atoms with Gasteiger partial charge in [-0.2, -0.15) is 0 Å². The number of anilines is 1. The van der Waals surface area contributed by atoms with Gasteiger partial charge in [0.05, 0.1) is 11.4 Å². The Labute approximate surface area is 125 Å². The minimum Gasteiger partial charge on any atom is -0.479 e. The summed E-state index contributed by atoms with van der Waals surface area (Å²) in [4.78, 5) is 16.2. The van der Waals surface area contributed by atoms with Crippen LogP contribution in [-0.2, 0) is 10.3 Å². The highest BCUT2D eigenvalue weighted by Gasteiger charge is 2.44. The summed E-state index contributed by atoms with van der Waals surface area (Å²) in [7, 11) is 0. The van der Waals surface area contributed by atoms with Crippen LogP contribution in [0.5, 0.6) is 0 Å². The lowest BCUT2D eigenvalue weighted by Gasteiger charge is -2.29. The van der Waals surface area contributed by atoms with Crippen LogP contribution in [0.25, 0.3) is 11.0 Å². The highest BCUT2D eigenvalue weighted by Crippen LogP contribution is 2.37. The van der Waals surface area contributed by atoms with Crippen molar-refractivity contribution >= 4 is 34.5 Å². The molecule has 1 aliphatic heterocycles. The van der Waals surface area contributed by atoms with Crippen molar-refractivity contribution in [1.82, 2.24) is 0 Å². The molecule has 0 spiro atoms. The Hall–Kier alpha value is -3.08. The first kappa shape index (κ1) is 12.6. The summed E-state index contributed by atoms with van der Waals surface area (Å²) in [6, 6.07) is 16.5. The van der Waals surface area contributed by atoms with Crippen LogP contribution in [0.2, 0.25) is 0 Å². The number of nitrogens with zero attached hydrogens (tertiary/aromatic N) is 1. The molecule has 1 unspecified atom stereocenters. The molecular weight excluding hydrogens is 280 g/mol. The summed E-state index contributed by atoms with van der Waals surface area (Å²) in [5.41, 5.74) is 0.503. The normalized spacial score (nSPS) is 19.6. The number of para-hydroxylation sites is 3. The molecule has 108 valence electrons. The van der Waals surface area contributed by atoms with Crippen LogP contribution in [-0.4, -0.2) is 17.3 Å². The first-order chi connectivity index (χ1) is 10.7. The number of hydrogen-bond donors (Lipinski definition) is 2. The van der Waals surface area contributed by atoms with Gasteiger partial charge in [0, 0.05) is 11.6 Å². The molecule has 2 N–H and O–H groups in total. The van der Waals surface area contributed by atoms with Gasteiger partial charge in [-0.3, -0.25) is 4.99 Å². The summed E-state index contributed by atoms with van der Waals surface area (Å²) in [5, 5.41) is 13.7. The van der Waals surface area contributed by atoms with Gasteiger partial charge >= 0.3 is 5.97 Å². The Balaban J connectivity index is 1.90. The molecule has 0 saturated carbocycles. The van der Waals surface area contributed by atoms with E-state index in [1.54, 1.807) is 12.1 Å². The fourth-order valence-corrected chi connectivity index (χ4v) is 2.62. The second-order valence-electron chi connectivity index (χ2n) is 5.16. The molecule has 1 aliphatic rings. The molecule has 22 heavy (non-hydrogen) atoms. The zero-order valence-electron chi connectivity index (χ0n) is 11.5. The lowest BCUT2D eigenvalue weighted by molar-refractivity contribution is -0.140. The number of carboxylic acids is 1. The minimum absolute atomic E-state index is 0.305. The number of nitrogens with one attached hydrogen (secondary N) is 1. The Morgan fingerprint density at radius 3 is 2.73 bits per heavy atom. The molecule has 3 aromatic rings. The molecule has 0 saturated heterocycles. The van der Waals surface area contributed by atoms with E-state index in [0.29, 0.717) is 22.7 Å². The van der Waals surface area contributed by atoms with Crippen molar-refractivity contribution in [3.8, 4) is 0 Å². The lowest BCUT2D eigenvalue weighted by atomic mass is 9.95. The maximum absolute atomic E-state index is 11.9. The molecule has 1 aromatic heterocycles. The molecular formula is C17H12N2O3. The number of carboxylic acid groups (broad SMARTS) is 1. The van der Waals surface area contributed by atoms with Crippen LogP contribution in [0.3, 0.4) is 0 Å². The second-order valence-corrected chi connectivity index (χ2v) is 5.16. The van der Waals surface area contributed by atoms with Gasteiger partial charge in [0.2, 0.25) is 5.54 Å². The van der Waals surface area contributed by atoms with Crippen molar-refractivity contribution in [3.05, 3.63) is 60.4 Å². The zero-order chi connectivity index (χ0) is 15.2. The van der Waals surface area contributed by atoms with E-state index >= 15 is 0 Å². The second kappa shape index (κ2) is 4.46. The van der Waals surface area contributed by atoms with Gasteiger partial charge in [-0.1, -0.05) is 30.3 Å². The smallest absolute Gasteiger partial charge is 0.343 e. The predicted molar refractivity (Wildman–Crippen MR) is 83.7 cm³/mol. The zero-order valence-corrected chi connectivity index (χ0v) is 11.5. The van der Waals surface area contributed by atoms with Crippen molar-refractivity contribution in [2.24, 2.45) is 4.99 Å². The summed E-state index contributed by atoms with van der Waals surface area (Å²) in [5.74, 6) is -0.760. The SMILES string of the molecule is O=C(O)C1(c2cc3ccccc3o2)C=Nc2ccccc2N1. The van der Waals surface area contributed by atoms with Gasteiger partial charge in [-0.25, -0.2) is 4.79 Å². The van der Waals surface area contributed by atoms with Gasteiger partial charge in [0.15, 0.2) is 0 Å². The first-order valence-electron chi connectivity index (χ1n) is 6.84. The molecule has 0 bridgehead atoms. The van der Waals surface area contributed by atoms with Crippen LogP contribution in [0.1, 0.15) is 5.76 Å². The van der Waals surface area contributed by atoms with Crippen LogP contribution in [0, 0.1) is 0 Å². The fourth-order valence-electron chi connectivity index (χ4n) is 2.62. The van der Waals surface area contributed by atoms with E-state index in [4.69, 9.17) is 4.42 Å². The van der Waals surface area contributed by atoms with E-state index in [2.05, 4.69) is 10.3 Å². The fraction of sp³-hybridized carbons (Fsp3) is 0.0588. The third kappa shape index (κ3) is 1.72. The molecule has 0 aliphatic carbocycles. The predicted octanol–water partition coefficient (Wildman–Crippen LogP) is 3.54. The van der Waals surface area contributed by atoms with E-state index in [1.165, 1.54) is 6.21 Å². The van der Waals surface area contributed by atoms with Gasteiger partial charge < -0.3 is 14.8 Å². The summed E-state index contributed by atoms with van der Waals surface area (Å²) in [6.07, 6.45) is 1.38. The van der Waals surface area contributed by atoms with Crippen LogP contribution in [0.4, 0.5) is 11.4 Å². The largest absolute Gasteiger partial charge is 0.479 e. The Kier molecular flexibility index (Phi) is 2.56. The number of aliphatic imine (C=N–C) groups is 1. The monoisotopic (exact) mass is 292 g/mol. The van der Waals surface area contributed by atoms with E-state index < -0.39 is 11.5 Å². The highest BCUT2D eigenvalue weighted by atomic mass is 16.4. The molecule has 0 fully saturated rings. The van der Waals surface area contributed by atoms with E-state index in [-0.39, 0.29) is 0 Å². The van der Waals surface area contributed by atoms with Crippen molar-refractivity contribution < 1.29 is 14.3 Å². The highest BCUT2D eigenvalue weighted by molar-refractivity contribution is 6.06. The van der Waals surface area contributed by atoms with E-state index in [0.717, 1.165) is 5.39 Å². The number of furan rings is 1. The maximum Gasteiger partial charge on any atom is 0.343 e. The van der Waals surface area contributed by atoms with Gasteiger partial charge in [-0.15, -0.1) is 0 Å². The number of rotatable bonds is 2. The number of aliphatic carboxylic acids is 1. The summed E-state index contributed by atoms with van der Waals surface area (Å²) < 4.78 is 5.75. The Morgan fingerprint density at radius 2 is 1.91 bits per heavy atom. The summed E-state index contributed by atoms with van der Waals surface area (Å²) in [6.45, 7) is 0. The maximum atomic E-state index is 11.9. The van der Waals surface area contributed by atoms with E-state index in [9.17, 15) is 9.90 Å². The van der Waals surface area contributed by atoms with Crippen LogP contribution < -0.4 is 5.32 Å². The van der Waals surface area contributed by atoms with Crippen LogP contribution >= 0.6 is 0 Å². The number of carbonyl (C=O) groups is 1. The first-order valence-corrected chi connectivity index (χ1v) is 6.84. The van der Waals surface area contributed by atoms with Gasteiger partial charge in [-0.05, 0) is 24.3 Å². The number of fused-ring (bicyclic) bond motifs is 2. The standard InChI is InChI=1S/C17H12N2O3/c20-16(21)17(10-18-12-6-2-3-7-13(12)19-17)15-9-11-5-1-4-8-14(11)22-15/h1-10,19H,(H,20,21). The third-order valence-electron chi connectivity index (χ3n) is 3.78. The molecule has 2 heterocycles. The molecule has 2 aromatic carbocycles. The molecule has 0 radical (unpaired) electrons. The molecule has 1 atom stereocenters. The topological polar surface area (TPSA) is 74.8 Å². The third-order valence-corrected chi connectivity index (χ3v) is 3.78. The van der Waals surface area contributed by atoms with Crippen molar-refractivity contribution in [3.63, 3.8) is 0 Å². The number of hydrogen-bond acceptors (Lipinski definition) is 4. The molecule has 5 heteroatoms. The average Bonchev–Trinajstić information content (AvgIpc) is 2.98. The summed E-state index contributed by atoms with van der Waals surface area (Å²) >= 11 is 0. The van der Waals surface area contributed by atoms with Crippen LogP contribution in [0.15, 0.2) is 64.0 Å². The minimum atomic E-state index is -1.51. The lowest BCUT2D eigenvalue weighted by Crippen LogP contribution is -2.46. The van der Waals surface area contributed by atoms with E-state index in [1.807, 2.05) is 42.5 Å². The van der Waals surface area contributed by atoms with Crippen molar-refractivity contribution in [2.45, 2.75) is 5.54 Å². The van der Waals surface area contributed by atoms with Crippen molar-refractivity contribution in [1.29, 1.82) is 0 Å². The Bertz CT molecular complexity index is 880. The molecule has 4 rings (SSSR count). The Morgan fingerprint density at radius 1 is 1.14 bits per heavy atom. The molecule has 5 nitrogen and oxygen atoms in total. The molecule has 0 amide bonds. The quantitative estimate of drug-likeness (QED) is 0.757. The average molecular weight is 292 g/mol.